The van der Waals surface area contributed by atoms with E-state index in [2.05, 4.69) is 0 Å². The number of hydrogen-bond acceptors (Lipinski definition) is 2. The van der Waals surface area contributed by atoms with Gasteiger partial charge in [0.1, 0.15) is 5.75 Å². The summed E-state index contributed by atoms with van der Waals surface area (Å²) in [6.45, 7) is 0.458. The van der Waals surface area contributed by atoms with Gasteiger partial charge in [0.15, 0.2) is 11.6 Å². The molecule has 3 rings (SSSR count). The highest BCUT2D eigenvalue weighted by atomic mass is 19.2. The quantitative estimate of drug-likeness (QED) is 0.901. The monoisotopic (exact) mass is 261 g/mol. The van der Waals surface area contributed by atoms with Crippen LogP contribution < -0.4 is 10.5 Å². The van der Waals surface area contributed by atoms with Gasteiger partial charge >= 0.3 is 0 Å². The van der Waals surface area contributed by atoms with Gasteiger partial charge in [-0.25, -0.2) is 8.78 Å². The summed E-state index contributed by atoms with van der Waals surface area (Å²) in [7, 11) is 0. The van der Waals surface area contributed by atoms with Crippen molar-refractivity contribution < 1.29 is 13.5 Å². The van der Waals surface area contributed by atoms with Crippen molar-refractivity contribution in [1.29, 1.82) is 0 Å². The zero-order valence-electron chi connectivity index (χ0n) is 10.1. The van der Waals surface area contributed by atoms with Crippen LogP contribution in [0.5, 0.6) is 5.75 Å². The number of ether oxygens (including phenoxy) is 1. The van der Waals surface area contributed by atoms with E-state index in [9.17, 15) is 8.78 Å². The lowest BCUT2D eigenvalue weighted by molar-refractivity contribution is 0.315. The zero-order valence-corrected chi connectivity index (χ0v) is 10.1. The van der Waals surface area contributed by atoms with Gasteiger partial charge in [-0.15, -0.1) is 0 Å². The first kappa shape index (κ1) is 12.1. The van der Waals surface area contributed by atoms with Crippen LogP contribution in [0.25, 0.3) is 0 Å². The normalized spacial score (nSPS) is 18.8. The molecular weight excluding hydrogens is 248 g/mol. The molecule has 0 spiro atoms. The molecule has 1 aliphatic rings. The minimum absolute atomic E-state index is 0.0407. The molecule has 0 radical (unpaired) electrons. The van der Waals surface area contributed by atoms with Gasteiger partial charge in [-0.1, -0.05) is 24.3 Å². The smallest absolute Gasteiger partial charge is 0.159 e. The third kappa shape index (κ3) is 2.08. The molecule has 0 aliphatic carbocycles. The molecular formula is C15H13F2NO. The van der Waals surface area contributed by atoms with Gasteiger partial charge in [-0.05, 0) is 23.8 Å². The number of nitrogens with two attached hydrogens (primary N) is 1. The summed E-state index contributed by atoms with van der Waals surface area (Å²) in [4.78, 5) is 0. The minimum Gasteiger partial charge on any atom is -0.493 e. The maximum absolute atomic E-state index is 13.3. The maximum atomic E-state index is 13.3. The van der Waals surface area contributed by atoms with Crippen molar-refractivity contribution in [3.63, 3.8) is 0 Å². The Morgan fingerprint density at radius 1 is 1.11 bits per heavy atom. The van der Waals surface area contributed by atoms with Crippen LogP contribution >= 0.6 is 0 Å². The van der Waals surface area contributed by atoms with Crippen LogP contribution in [0.3, 0.4) is 0 Å². The predicted octanol–water partition coefficient (Wildman–Crippen LogP) is 3.14. The number of benzene rings is 2. The molecule has 0 aromatic heterocycles. The Morgan fingerprint density at radius 2 is 1.89 bits per heavy atom. The number of rotatable bonds is 2. The molecule has 0 amide bonds. The Balaban J connectivity index is 1.93. The van der Waals surface area contributed by atoms with Crippen molar-refractivity contribution in [1.82, 2.24) is 0 Å². The summed E-state index contributed by atoms with van der Waals surface area (Å²) in [5.74, 6) is -0.967. The van der Waals surface area contributed by atoms with Crippen molar-refractivity contribution >= 4 is 0 Å². The number of halogens is 2. The molecule has 0 bridgehead atoms. The number of fused-ring (bicyclic) bond motifs is 1. The van der Waals surface area contributed by atoms with Crippen molar-refractivity contribution in [3.8, 4) is 5.75 Å². The molecule has 2 N–H and O–H groups in total. The summed E-state index contributed by atoms with van der Waals surface area (Å²) >= 11 is 0. The van der Waals surface area contributed by atoms with Gasteiger partial charge in [-0.2, -0.15) is 0 Å². The lowest BCUT2D eigenvalue weighted by Gasteiger charge is -2.18. The standard InChI is InChI=1S/C15H13F2NO/c16-12-6-5-9(7-13(12)17)15(18)11-8-19-14-4-2-1-3-10(11)14/h1-7,11,15H,8,18H2. The minimum atomic E-state index is -0.875. The van der Waals surface area contributed by atoms with E-state index in [0.29, 0.717) is 12.2 Å². The van der Waals surface area contributed by atoms with Crippen molar-refractivity contribution in [2.75, 3.05) is 6.61 Å². The van der Waals surface area contributed by atoms with Gasteiger partial charge in [0.05, 0.1) is 6.61 Å². The Morgan fingerprint density at radius 3 is 2.68 bits per heavy atom. The zero-order chi connectivity index (χ0) is 13.4. The fourth-order valence-electron chi connectivity index (χ4n) is 2.44. The fourth-order valence-corrected chi connectivity index (χ4v) is 2.44. The van der Waals surface area contributed by atoms with Crippen LogP contribution in [0.15, 0.2) is 42.5 Å². The lowest BCUT2D eigenvalue weighted by Crippen LogP contribution is -2.21. The molecule has 2 aromatic rings. The Kier molecular flexibility index (Phi) is 2.95. The SMILES string of the molecule is NC(c1ccc(F)c(F)c1)C1COc2ccccc21. The molecule has 19 heavy (non-hydrogen) atoms. The van der Waals surface area contributed by atoms with Gasteiger partial charge in [0, 0.05) is 17.5 Å². The topological polar surface area (TPSA) is 35.2 Å². The van der Waals surface area contributed by atoms with Crippen LogP contribution in [0.4, 0.5) is 8.78 Å². The third-order valence-electron chi connectivity index (χ3n) is 3.50. The van der Waals surface area contributed by atoms with Gasteiger partial charge in [-0.3, -0.25) is 0 Å². The molecule has 0 fully saturated rings. The Bertz CT molecular complexity index is 615. The average molecular weight is 261 g/mol. The molecule has 4 heteroatoms. The highest BCUT2D eigenvalue weighted by molar-refractivity contribution is 5.42. The van der Waals surface area contributed by atoms with Crippen LogP contribution in [0.2, 0.25) is 0 Å². The second kappa shape index (κ2) is 4.63. The highest BCUT2D eigenvalue weighted by Gasteiger charge is 2.30. The van der Waals surface area contributed by atoms with E-state index in [-0.39, 0.29) is 5.92 Å². The molecule has 2 unspecified atom stereocenters. The van der Waals surface area contributed by atoms with E-state index < -0.39 is 17.7 Å². The van der Waals surface area contributed by atoms with Crippen LogP contribution in [-0.2, 0) is 0 Å². The number of para-hydroxylation sites is 1. The highest BCUT2D eigenvalue weighted by Crippen LogP contribution is 2.40. The Hall–Kier alpha value is -1.94. The molecule has 2 atom stereocenters. The van der Waals surface area contributed by atoms with Crippen molar-refractivity contribution in [2.24, 2.45) is 5.73 Å². The molecule has 1 heterocycles. The molecule has 2 aromatic carbocycles. The molecule has 1 aliphatic heterocycles. The second-order valence-electron chi connectivity index (χ2n) is 4.65. The first-order chi connectivity index (χ1) is 9.16. The van der Waals surface area contributed by atoms with Crippen molar-refractivity contribution in [3.05, 3.63) is 65.2 Å². The third-order valence-corrected chi connectivity index (χ3v) is 3.50. The van der Waals surface area contributed by atoms with Gasteiger partial charge < -0.3 is 10.5 Å². The first-order valence-corrected chi connectivity index (χ1v) is 6.09. The predicted molar refractivity (Wildman–Crippen MR) is 68.0 cm³/mol. The Labute approximate surface area is 109 Å². The van der Waals surface area contributed by atoms with Crippen LogP contribution in [0.1, 0.15) is 23.1 Å². The summed E-state index contributed by atoms with van der Waals surface area (Å²) in [5, 5.41) is 0. The van der Waals surface area contributed by atoms with E-state index >= 15 is 0 Å². The largest absolute Gasteiger partial charge is 0.493 e. The molecule has 98 valence electrons. The summed E-state index contributed by atoms with van der Waals surface area (Å²) in [5.41, 5.74) is 7.75. The number of hydrogen-bond donors (Lipinski definition) is 1. The maximum Gasteiger partial charge on any atom is 0.159 e. The van der Waals surface area contributed by atoms with E-state index in [1.807, 2.05) is 24.3 Å². The lowest BCUT2D eigenvalue weighted by atomic mass is 9.89. The average Bonchev–Trinajstić information content (AvgIpc) is 2.85. The van der Waals surface area contributed by atoms with E-state index in [1.165, 1.54) is 6.07 Å². The van der Waals surface area contributed by atoms with E-state index in [1.54, 1.807) is 0 Å². The van der Waals surface area contributed by atoms with Gasteiger partial charge in [0.2, 0.25) is 0 Å². The summed E-state index contributed by atoms with van der Waals surface area (Å²) in [6.07, 6.45) is 0. The second-order valence-corrected chi connectivity index (χ2v) is 4.65. The first-order valence-electron chi connectivity index (χ1n) is 6.09. The fraction of sp³-hybridized carbons (Fsp3) is 0.200. The molecule has 0 saturated heterocycles. The van der Waals surface area contributed by atoms with E-state index in [0.717, 1.165) is 23.4 Å². The molecule has 2 nitrogen and oxygen atoms in total. The van der Waals surface area contributed by atoms with Crippen LogP contribution in [-0.4, -0.2) is 6.61 Å². The summed E-state index contributed by atoms with van der Waals surface area (Å²) in [6, 6.07) is 11.0. The van der Waals surface area contributed by atoms with Crippen LogP contribution in [0, 0.1) is 11.6 Å². The van der Waals surface area contributed by atoms with Gasteiger partial charge in [0.25, 0.3) is 0 Å². The summed E-state index contributed by atoms with van der Waals surface area (Å²) < 4.78 is 31.8. The molecule has 0 saturated carbocycles. The van der Waals surface area contributed by atoms with Crippen molar-refractivity contribution in [2.45, 2.75) is 12.0 Å². The van der Waals surface area contributed by atoms with E-state index in [4.69, 9.17) is 10.5 Å².